The third-order valence-corrected chi connectivity index (χ3v) is 3.50. The monoisotopic (exact) mass is 306 g/mol. The van der Waals surface area contributed by atoms with Crippen LogP contribution in [0.1, 0.15) is 17.0 Å². The largest absolute Gasteiger partial charge is 0.496 e. The summed E-state index contributed by atoms with van der Waals surface area (Å²) in [4.78, 5) is 11.4. The molecule has 0 spiro atoms. The maximum absolute atomic E-state index is 11.3. The van der Waals surface area contributed by atoms with E-state index in [4.69, 9.17) is 9.15 Å². The lowest BCUT2D eigenvalue weighted by Crippen LogP contribution is -1.97. The highest BCUT2D eigenvalue weighted by Crippen LogP contribution is 2.28. The van der Waals surface area contributed by atoms with Crippen molar-refractivity contribution in [2.45, 2.75) is 19.1 Å². The first-order valence-corrected chi connectivity index (χ1v) is 6.89. The number of methoxy groups -OCH3 is 1. The van der Waals surface area contributed by atoms with Crippen molar-refractivity contribution >= 4 is 23.8 Å². The number of aromatic nitrogens is 2. The third kappa shape index (κ3) is 3.85. The molecule has 0 fully saturated rings. The minimum Gasteiger partial charge on any atom is -0.496 e. The first kappa shape index (κ1) is 15.1. The zero-order valence-corrected chi connectivity index (χ0v) is 12.6. The quantitative estimate of drug-likeness (QED) is 0.671. The van der Waals surface area contributed by atoms with Gasteiger partial charge < -0.3 is 14.3 Å². The fourth-order valence-corrected chi connectivity index (χ4v) is 2.34. The Morgan fingerprint density at radius 1 is 1.38 bits per heavy atom. The highest BCUT2D eigenvalue weighted by molar-refractivity contribution is 8.03. The van der Waals surface area contributed by atoms with Gasteiger partial charge in [0.25, 0.3) is 5.22 Å². The van der Waals surface area contributed by atoms with Crippen molar-refractivity contribution in [2.75, 3.05) is 7.11 Å². The maximum atomic E-state index is 11.3. The maximum Gasteiger partial charge on any atom is 0.342 e. The Morgan fingerprint density at radius 2 is 2.14 bits per heavy atom. The molecule has 1 aromatic carbocycles. The van der Waals surface area contributed by atoms with Crippen LogP contribution < -0.4 is 4.74 Å². The number of carboxylic acid groups (broad SMARTS) is 1. The average molecular weight is 306 g/mol. The molecule has 0 bridgehead atoms. The molecule has 7 heteroatoms. The number of hydrogen-bond donors (Lipinski definition) is 1. The Kier molecular flexibility index (Phi) is 4.64. The van der Waals surface area contributed by atoms with E-state index in [9.17, 15) is 9.90 Å². The fourth-order valence-electron chi connectivity index (χ4n) is 1.63. The van der Waals surface area contributed by atoms with Gasteiger partial charge in [0.05, 0.1) is 7.11 Å². The zero-order valence-electron chi connectivity index (χ0n) is 11.8. The van der Waals surface area contributed by atoms with E-state index in [-0.39, 0.29) is 10.1 Å². The van der Waals surface area contributed by atoms with E-state index in [2.05, 4.69) is 10.2 Å². The third-order valence-electron chi connectivity index (χ3n) is 2.65. The molecule has 0 aliphatic rings. The molecule has 6 nitrogen and oxygen atoms in total. The number of aliphatic carboxylic acids is 1. The number of nitrogens with zero attached hydrogens (tertiary/aromatic N) is 2. The Bertz CT molecular complexity index is 694. The Labute approximate surface area is 125 Å². The Morgan fingerprint density at radius 3 is 2.71 bits per heavy atom. The second-order valence-electron chi connectivity index (χ2n) is 4.23. The molecule has 0 saturated carbocycles. The van der Waals surface area contributed by atoms with Crippen molar-refractivity contribution in [2.24, 2.45) is 0 Å². The highest BCUT2D eigenvalue weighted by Gasteiger charge is 2.14. The lowest BCUT2D eigenvalue weighted by Gasteiger charge is -2.05. The van der Waals surface area contributed by atoms with Gasteiger partial charge in [0, 0.05) is 6.92 Å². The summed E-state index contributed by atoms with van der Waals surface area (Å²) in [6, 6.07) is 5.46. The van der Waals surface area contributed by atoms with Crippen LogP contribution in [0.15, 0.2) is 32.7 Å². The lowest BCUT2D eigenvalue weighted by atomic mass is 10.1. The molecule has 0 saturated heterocycles. The number of aryl methyl sites for hydroxylation is 2. The van der Waals surface area contributed by atoms with Crippen molar-refractivity contribution < 1.29 is 19.1 Å². The number of carbonyl (C=O) groups is 1. The van der Waals surface area contributed by atoms with Gasteiger partial charge in [0.1, 0.15) is 10.7 Å². The van der Waals surface area contributed by atoms with Gasteiger partial charge in [-0.1, -0.05) is 12.1 Å². The summed E-state index contributed by atoms with van der Waals surface area (Å²) in [6.45, 7) is 3.56. The van der Waals surface area contributed by atoms with Crippen LogP contribution in [0.2, 0.25) is 0 Å². The number of benzene rings is 1. The van der Waals surface area contributed by atoms with E-state index in [1.807, 2.05) is 19.1 Å². The molecule has 2 rings (SSSR count). The first-order valence-electron chi connectivity index (χ1n) is 6.07. The molecule has 0 amide bonds. The van der Waals surface area contributed by atoms with Crippen LogP contribution in [0.5, 0.6) is 5.75 Å². The Hall–Kier alpha value is -2.28. The van der Waals surface area contributed by atoms with E-state index < -0.39 is 5.97 Å². The summed E-state index contributed by atoms with van der Waals surface area (Å²) >= 11 is 0.911. The van der Waals surface area contributed by atoms with E-state index in [0.717, 1.165) is 22.9 Å². The molecule has 1 N–H and O–H groups in total. The SMILES string of the molecule is COc1cc(/C=C(\Sc2nnc(C)o2)C(=O)O)ccc1C. The summed E-state index contributed by atoms with van der Waals surface area (Å²) in [7, 11) is 1.57. The molecule has 0 radical (unpaired) electrons. The molecule has 1 heterocycles. The van der Waals surface area contributed by atoms with Gasteiger partial charge in [0.15, 0.2) is 0 Å². The van der Waals surface area contributed by atoms with E-state index in [0.29, 0.717) is 11.6 Å². The van der Waals surface area contributed by atoms with Crippen molar-refractivity contribution in [3.63, 3.8) is 0 Å². The minimum atomic E-state index is -1.06. The molecule has 0 aliphatic carbocycles. The predicted octanol–water partition coefficient (Wildman–Crippen LogP) is 2.91. The molecule has 21 heavy (non-hydrogen) atoms. The zero-order chi connectivity index (χ0) is 15.4. The van der Waals surface area contributed by atoms with Gasteiger partial charge in [-0.05, 0) is 42.0 Å². The van der Waals surface area contributed by atoms with Gasteiger partial charge in [0.2, 0.25) is 5.89 Å². The van der Waals surface area contributed by atoms with E-state index in [1.54, 1.807) is 20.1 Å². The standard InChI is InChI=1S/C14H14N2O4S/c1-8-4-5-10(6-11(8)19-3)7-12(13(17)18)21-14-16-15-9(2)20-14/h4-7H,1-3H3,(H,17,18)/b12-7-. The molecule has 2 aromatic rings. The first-order chi connectivity index (χ1) is 9.99. The van der Waals surface area contributed by atoms with Crippen molar-refractivity contribution in [1.82, 2.24) is 10.2 Å². The van der Waals surface area contributed by atoms with Crippen LogP contribution in [0.25, 0.3) is 6.08 Å². The summed E-state index contributed by atoms with van der Waals surface area (Å²) in [6.07, 6.45) is 1.54. The van der Waals surface area contributed by atoms with Crippen LogP contribution in [0.4, 0.5) is 0 Å². The van der Waals surface area contributed by atoms with Crippen molar-refractivity contribution in [1.29, 1.82) is 0 Å². The minimum absolute atomic E-state index is 0.0876. The number of hydrogen-bond acceptors (Lipinski definition) is 6. The van der Waals surface area contributed by atoms with Crippen LogP contribution in [0.3, 0.4) is 0 Å². The number of thioether (sulfide) groups is 1. The average Bonchev–Trinajstić information content (AvgIpc) is 2.85. The van der Waals surface area contributed by atoms with E-state index >= 15 is 0 Å². The van der Waals surface area contributed by atoms with Crippen LogP contribution >= 0.6 is 11.8 Å². The molecule has 0 aliphatic heterocycles. The Balaban J connectivity index is 2.31. The predicted molar refractivity (Wildman–Crippen MR) is 78.2 cm³/mol. The molecular weight excluding hydrogens is 292 g/mol. The topological polar surface area (TPSA) is 85.5 Å². The molecule has 0 atom stereocenters. The molecule has 110 valence electrons. The molecular formula is C14H14N2O4S. The second-order valence-corrected chi connectivity index (χ2v) is 5.23. The van der Waals surface area contributed by atoms with Crippen LogP contribution in [-0.4, -0.2) is 28.4 Å². The summed E-state index contributed by atoms with van der Waals surface area (Å²) in [5.74, 6) is 0.0294. The second kappa shape index (κ2) is 6.45. The van der Waals surface area contributed by atoms with Crippen molar-refractivity contribution in [3.05, 3.63) is 40.1 Å². The van der Waals surface area contributed by atoms with Gasteiger partial charge in [-0.25, -0.2) is 4.79 Å². The normalized spacial score (nSPS) is 11.5. The number of ether oxygens (including phenoxy) is 1. The van der Waals surface area contributed by atoms with Crippen molar-refractivity contribution in [3.8, 4) is 5.75 Å². The molecule has 0 unspecified atom stereocenters. The van der Waals surface area contributed by atoms with Gasteiger partial charge >= 0.3 is 5.97 Å². The van der Waals surface area contributed by atoms with Gasteiger partial charge in [-0.2, -0.15) is 0 Å². The molecule has 1 aromatic heterocycles. The summed E-state index contributed by atoms with van der Waals surface area (Å²) in [5, 5.41) is 16.9. The van der Waals surface area contributed by atoms with Gasteiger partial charge in [-0.15, -0.1) is 10.2 Å². The summed E-state index contributed by atoms with van der Waals surface area (Å²) < 4.78 is 10.4. The van der Waals surface area contributed by atoms with Gasteiger partial charge in [-0.3, -0.25) is 0 Å². The number of rotatable bonds is 5. The highest BCUT2D eigenvalue weighted by atomic mass is 32.2. The van der Waals surface area contributed by atoms with Crippen LogP contribution in [-0.2, 0) is 4.79 Å². The summed E-state index contributed by atoms with van der Waals surface area (Å²) in [5.41, 5.74) is 1.70. The van der Waals surface area contributed by atoms with Crippen LogP contribution in [0, 0.1) is 13.8 Å². The number of carboxylic acids is 1. The van der Waals surface area contributed by atoms with E-state index in [1.165, 1.54) is 6.08 Å². The fraction of sp³-hybridized carbons (Fsp3) is 0.214. The smallest absolute Gasteiger partial charge is 0.342 e. The lowest BCUT2D eigenvalue weighted by molar-refractivity contribution is -0.131.